The van der Waals surface area contributed by atoms with Gasteiger partial charge in [0.2, 0.25) is 0 Å². The van der Waals surface area contributed by atoms with Crippen LogP contribution in [0.5, 0.6) is 6.01 Å². The molecule has 2 saturated heterocycles. The fourth-order valence-corrected chi connectivity index (χ4v) is 4.02. The van der Waals surface area contributed by atoms with Crippen molar-refractivity contribution in [3.63, 3.8) is 0 Å². The smallest absolute Gasteiger partial charge is 0.296 e. The van der Waals surface area contributed by atoms with Crippen LogP contribution in [-0.4, -0.2) is 57.7 Å². The molecule has 2 aliphatic heterocycles. The zero-order chi connectivity index (χ0) is 17.0. The number of allylic oxidation sites excluding steroid dienone is 2. The largest absolute Gasteiger partial charge is 0.456 e. The summed E-state index contributed by atoms with van der Waals surface area (Å²) in [7, 11) is 0. The van der Waals surface area contributed by atoms with E-state index >= 15 is 0 Å². The number of aromatic nitrogens is 3. The molecule has 4 atom stereocenters. The molecule has 2 fully saturated rings. The van der Waals surface area contributed by atoms with Crippen LogP contribution in [-0.2, 0) is 9.47 Å². The summed E-state index contributed by atoms with van der Waals surface area (Å²) in [5.41, 5.74) is 3.28. The molecule has 0 spiro atoms. The van der Waals surface area contributed by atoms with Crippen LogP contribution in [0.25, 0.3) is 16.7 Å². The van der Waals surface area contributed by atoms with E-state index in [9.17, 15) is 5.11 Å². The standard InChI is InChI=1S/C17H18ClN3O4/c18-9-5-10-16(20-13(9)8-3-1-2-4-8)21-17(19-10)25-12-7-24-14-11(22)6-23-15(12)14/h3,5,11-12,14-15,22H,1-2,4,6-7H2,(H,19,20,21). The Kier molecular flexibility index (Phi) is 3.71. The summed E-state index contributed by atoms with van der Waals surface area (Å²) in [6.45, 7) is 0.626. The molecule has 2 N–H and O–H groups in total. The van der Waals surface area contributed by atoms with E-state index < -0.39 is 6.10 Å². The number of aliphatic hydroxyl groups is 1. The van der Waals surface area contributed by atoms with Gasteiger partial charge in [0, 0.05) is 0 Å². The minimum atomic E-state index is -0.600. The highest BCUT2D eigenvalue weighted by Crippen LogP contribution is 2.33. The summed E-state index contributed by atoms with van der Waals surface area (Å²) >= 11 is 6.39. The first-order valence-corrected chi connectivity index (χ1v) is 8.90. The van der Waals surface area contributed by atoms with Gasteiger partial charge in [-0.2, -0.15) is 4.98 Å². The van der Waals surface area contributed by atoms with Gasteiger partial charge in [0.25, 0.3) is 6.01 Å². The summed E-state index contributed by atoms with van der Waals surface area (Å²) in [6, 6.07) is 2.19. The number of imidazole rings is 1. The predicted molar refractivity (Wildman–Crippen MR) is 90.6 cm³/mol. The van der Waals surface area contributed by atoms with Gasteiger partial charge < -0.3 is 24.3 Å². The van der Waals surface area contributed by atoms with E-state index in [2.05, 4.69) is 21.0 Å². The number of aromatic amines is 1. The Balaban J connectivity index is 1.41. The summed E-state index contributed by atoms with van der Waals surface area (Å²) in [4.78, 5) is 12.1. The van der Waals surface area contributed by atoms with Gasteiger partial charge in [-0.05, 0) is 30.9 Å². The monoisotopic (exact) mass is 363 g/mol. The number of hydrogen-bond acceptors (Lipinski definition) is 6. The second kappa shape index (κ2) is 5.95. The van der Waals surface area contributed by atoms with Crippen molar-refractivity contribution in [2.75, 3.05) is 13.2 Å². The molecule has 0 radical (unpaired) electrons. The molecule has 25 heavy (non-hydrogen) atoms. The SMILES string of the molecule is OC1COC2C(Oc3nc4nc(C5=CCCC5)c(Cl)cc4[nH]3)COC12. The van der Waals surface area contributed by atoms with E-state index in [4.69, 9.17) is 25.8 Å². The van der Waals surface area contributed by atoms with Gasteiger partial charge >= 0.3 is 0 Å². The third-order valence-electron chi connectivity index (χ3n) is 4.99. The van der Waals surface area contributed by atoms with Gasteiger partial charge in [-0.25, -0.2) is 4.98 Å². The van der Waals surface area contributed by atoms with Crippen LogP contribution in [0.3, 0.4) is 0 Å². The van der Waals surface area contributed by atoms with Gasteiger partial charge in [0.15, 0.2) is 11.8 Å². The van der Waals surface area contributed by atoms with Crippen molar-refractivity contribution in [2.45, 2.75) is 43.7 Å². The van der Waals surface area contributed by atoms with Gasteiger partial charge in [-0.15, -0.1) is 0 Å². The van der Waals surface area contributed by atoms with Crippen LogP contribution in [0.1, 0.15) is 25.0 Å². The van der Waals surface area contributed by atoms with Crippen molar-refractivity contribution in [3.05, 3.63) is 22.9 Å². The molecular formula is C17H18ClN3O4. The number of nitrogens with zero attached hydrogens (tertiary/aromatic N) is 2. The van der Waals surface area contributed by atoms with E-state index in [1.54, 1.807) is 0 Å². The average molecular weight is 364 g/mol. The highest BCUT2D eigenvalue weighted by atomic mass is 35.5. The molecule has 2 aromatic rings. The molecule has 7 nitrogen and oxygen atoms in total. The maximum absolute atomic E-state index is 9.80. The molecule has 3 aliphatic rings. The highest BCUT2D eigenvalue weighted by Gasteiger charge is 2.48. The average Bonchev–Trinajstić information content (AvgIpc) is 3.34. The van der Waals surface area contributed by atoms with Crippen LogP contribution in [0.4, 0.5) is 0 Å². The highest BCUT2D eigenvalue weighted by molar-refractivity contribution is 6.32. The molecule has 4 heterocycles. The summed E-state index contributed by atoms with van der Waals surface area (Å²) in [5.74, 6) is 0. The normalized spacial score (nSPS) is 31.5. The number of rotatable bonds is 3. The fraction of sp³-hybridized carbons (Fsp3) is 0.529. The van der Waals surface area contributed by atoms with Crippen molar-refractivity contribution in [2.24, 2.45) is 0 Å². The lowest BCUT2D eigenvalue weighted by Gasteiger charge is -2.15. The Bertz CT molecular complexity index is 852. The van der Waals surface area contributed by atoms with Gasteiger partial charge in [-0.1, -0.05) is 17.7 Å². The van der Waals surface area contributed by atoms with Crippen LogP contribution in [0, 0.1) is 0 Å². The number of pyridine rings is 1. The van der Waals surface area contributed by atoms with Gasteiger partial charge in [-0.3, -0.25) is 0 Å². The Hall–Kier alpha value is -1.67. The molecule has 4 unspecified atom stereocenters. The Morgan fingerprint density at radius 1 is 1.24 bits per heavy atom. The predicted octanol–water partition coefficient (Wildman–Crippen LogP) is 2.08. The van der Waals surface area contributed by atoms with E-state index in [1.165, 1.54) is 5.57 Å². The van der Waals surface area contributed by atoms with Crippen molar-refractivity contribution >= 4 is 28.3 Å². The number of aliphatic hydroxyl groups excluding tert-OH is 1. The molecule has 132 valence electrons. The molecule has 8 heteroatoms. The second-order valence-electron chi connectivity index (χ2n) is 6.67. The maximum Gasteiger partial charge on any atom is 0.296 e. The summed E-state index contributed by atoms with van der Waals surface area (Å²) in [6.07, 6.45) is 3.86. The zero-order valence-electron chi connectivity index (χ0n) is 13.4. The molecule has 5 rings (SSSR count). The fourth-order valence-electron chi connectivity index (χ4n) is 3.75. The Labute approximate surface area is 149 Å². The lowest BCUT2D eigenvalue weighted by Crippen LogP contribution is -2.34. The lowest BCUT2D eigenvalue weighted by molar-refractivity contribution is 0.00706. The van der Waals surface area contributed by atoms with E-state index in [1.807, 2.05) is 6.07 Å². The molecule has 0 amide bonds. The van der Waals surface area contributed by atoms with Crippen molar-refractivity contribution in [1.29, 1.82) is 0 Å². The number of hydrogen-bond donors (Lipinski definition) is 2. The third-order valence-corrected chi connectivity index (χ3v) is 5.28. The summed E-state index contributed by atoms with van der Waals surface area (Å²) < 4.78 is 17.0. The third kappa shape index (κ3) is 2.62. The molecule has 0 bridgehead atoms. The number of ether oxygens (including phenoxy) is 3. The number of halogens is 1. The van der Waals surface area contributed by atoms with Crippen LogP contribution >= 0.6 is 11.6 Å². The van der Waals surface area contributed by atoms with Gasteiger partial charge in [0.1, 0.15) is 18.3 Å². The van der Waals surface area contributed by atoms with E-state index in [0.717, 1.165) is 30.5 Å². The lowest BCUT2D eigenvalue weighted by atomic mass is 10.1. The zero-order valence-corrected chi connectivity index (χ0v) is 14.2. The topological polar surface area (TPSA) is 89.5 Å². The number of nitrogens with one attached hydrogen (secondary N) is 1. The van der Waals surface area contributed by atoms with Crippen molar-refractivity contribution < 1.29 is 19.3 Å². The Morgan fingerprint density at radius 2 is 2.12 bits per heavy atom. The first kappa shape index (κ1) is 15.6. The van der Waals surface area contributed by atoms with Crippen LogP contribution in [0.15, 0.2) is 12.1 Å². The van der Waals surface area contributed by atoms with Crippen LogP contribution < -0.4 is 4.74 Å². The Morgan fingerprint density at radius 3 is 2.96 bits per heavy atom. The molecule has 0 saturated carbocycles. The first-order chi connectivity index (χ1) is 12.2. The first-order valence-electron chi connectivity index (χ1n) is 8.52. The van der Waals surface area contributed by atoms with Crippen molar-refractivity contribution in [1.82, 2.24) is 15.0 Å². The van der Waals surface area contributed by atoms with Gasteiger partial charge in [0.05, 0.1) is 29.4 Å². The minimum Gasteiger partial charge on any atom is -0.456 e. The minimum absolute atomic E-state index is 0.269. The summed E-state index contributed by atoms with van der Waals surface area (Å²) in [5, 5.41) is 10.4. The maximum atomic E-state index is 9.80. The second-order valence-corrected chi connectivity index (χ2v) is 7.08. The molecule has 2 aromatic heterocycles. The van der Waals surface area contributed by atoms with Crippen molar-refractivity contribution in [3.8, 4) is 6.01 Å². The molecule has 0 aromatic carbocycles. The number of fused-ring (bicyclic) bond motifs is 2. The van der Waals surface area contributed by atoms with Crippen LogP contribution in [0.2, 0.25) is 5.02 Å². The molecular weight excluding hydrogens is 346 g/mol. The quantitative estimate of drug-likeness (QED) is 0.867. The van der Waals surface area contributed by atoms with E-state index in [-0.39, 0.29) is 24.9 Å². The van der Waals surface area contributed by atoms with E-state index in [0.29, 0.717) is 23.3 Å². The number of H-pyrrole nitrogens is 1. The molecule has 1 aliphatic carbocycles.